The van der Waals surface area contributed by atoms with Crippen LogP contribution in [0.1, 0.15) is 23.7 Å². The molecule has 0 aliphatic carbocycles. The van der Waals surface area contributed by atoms with Gasteiger partial charge in [-0.25, -0.2) is 0 Å². The van der Waals surface area contributed by atoms with Crippen molar-refractivity contribution in [2.45, 2.75) is 19.9 Å². The van der Waals surface area contributed by atoms with Crippen LogP contribution in [0.4, 0.5) is 0 Å². The maximum atomic E-state index is 6.26. The first-order chi connectivity index (χ1) is 11.1. The second-order valence-corrected chi connectivity index (χ2v) is 7.49. The van der Waals surface area contributed by atoms with Crippen molar-refractivity contribution in [3.8, 4) is 0 Å². The van der Waals surface area contributed by atoms with Crippen LogP contribution in [0.3, 0.4) is 0 Å². The third kappa shape index (κ3) is 2.63. The highest BCUT2D eigenvalue weighted by molar-refractivity contribution is 7.08. The van der Waals surface area contributed by atoms with Crippen LogP contribution < -0.4 is 0 Å². The molecule has 0 saturated heterocycles. The number of rotatable bonds is 2. The number of fused-ring (bicyclic) bond motifs is 3. The molecule has 0 saturated carbocycles. The number of allylic oxidation sites excluding steroid dienone is 1. The summed E-state index contributed by atoms with van der Waals surface area (Å²) in [6.45, 7) is 4.28. The summed E-state index contributed by atoms with van der Waals surface area (Å²) < 4.78 is 2.38. The maximum absolute atomic E-state index is 6.26. The molecule has 2 aromatic heterocycles. The number of halogens is 1. The Morgan fingerprint density at radius 1 is 1.30 bits per heavy atom. The van der Waals surface area contributed by atoms with E-state index >= 15 is 0 Å². The van der Waals surface area contributed by atoms with E-state index in [2.05, 4.69) is 58.6 Å². The van der Waals surface area contributed by atoms with Crippen LogP contribution in [0, 0.1) is 0 Å². The molecule has 0 spiro atoms. The highest BCUT2D eigenvalue weighted by Gasteiger charge is 2.22. The lowest BCUT2D eigenvalue weighted by Crippen LogP contribution is -2.26. The normalized spacial score (nSPS) is 16.0. The second-order valence-electron chi connectivity index (χ2n) is 6.27. The number of nitrogens with zero attached hydrogens (tertiary/aromatic N) is 2. The highest BCUT2D eigenvalue weighted by Crippen LogP contribution is 2.33. The monoisotopic (exact) mass is 342 g/mol. The van der Waals surface area contributed by atoms with Gasteiger partial charge in [-0.2, -0.15) is 11.3 Å². The Labute approximate surface area is 145 Å². The molecule has 0 unspecified atom stereocenters. The van der Waals surface area contributed by atoms with Gasteiger partial charge < -0.3 is 9.47 Å². The van der Waals surface area contributed by atoms with Crippen LogP contribution in [-0.2, 0) is 13.0 Å². The predicted octanol–water partition coefficient (Wildman–Crippen LogP) is 5.36. The van der Waals surface area contributed by atoms with Crippen LogP contribution in [-0.4, -0.2) is 23.1 Å². The van der Waals surface area contributed by atoms with Gasteiger partial charge >= 0.3 is 0 Å². The fraction of sp³-hybridized carbons (Fsp3) is 0.263. The van der Waals surface area contributed by atoms with Crippen LogP contribution in [0.25, 0.3) is 22.7 Å². The summed E-state index contributed by atoms with van der Waals surface area (Å²) in [5.74, 6) is 0. The average Bonchev–Trinajstić information content (AvgIpc) is 3.15. The van der Waals surface area contributed by atoms with Crippen LogP contribution in [0.15, 0.2) is 35.0 Å². The van der Waals surface area contributed by atoms with E-state index in [-0.39, 0.29) is 0 Å². The van der Waals surface area contributed by atoms with Crippen molar-refractivity contribution < 1.29 is 0 Å². The summed E-state index contributed by atoms with van der Waals surface area (Å²) in [5, 5.41) is 6.43. The molecule has 0 atom stereocenters. The summed E-state index contributed by atoms with van der Waals surface area (Å²) in [5.41, 5.74) is 6.69. The first-order valence-corrected chi connectivity index (χ1v) is 9.16. The number of aromatic nitrogens is 1. The van der Waals surface area contributed by atoms with Crippen molar-refractivity contribution >= 4 is 45.6 Å². The average molecular weight is 343 g/mol. The smallest absolute Gasteiger partial charge is 0.0529 e. The number of thiophene rings is 1. The van der Waals surface area contributed by atoms with Crippen molar-refractivity contribution in [1.82, 2.24) is 9.47 Å². The summed E-state index contributed by atoms with van der Waals surface area (Å²) in [4.78, 5) is 2.38. The molecule has 0 radical (unpaired) electrons. The Morgan fingerprint density at radius 3 is 2.96 bits per heavy atom. The van der Waals surface area contributed by atoms with Gasteiger partial charge in [0.2, 0.25) is 0 Å². The topological polar surface area (TPSA) is 8.17 Å². The quantitative estimate of drug-likeness (QED) is 0.608. The van der Waals surface area contributed by atoms with Crippen molar-refractivity contribution in [3.05, 3.63) is 56.9 Å². The van der Waals surface area contributed by atoms with Gasteiger partial charge in [0.1, 0.15) is 0 Å². The molecule has 0 fully saturated rings. The van der Waals surface area contributed by atoms with E-state index < -0.39 is 0 Å². The standard InChI is InChI=1S/C19H19ClN2S/c1-13(14-6-8-23-12-14)10-22-18-4-3-15(20)9-16(18)17-11-21(2)7-5-19(17)22/h3-4,6,8-10,12H,5,7,11H2,1-2H3. The summed E-state index contributed by atoms with van der Waals surface area (Å²) in [6, 6.07) is 8.43. The van der Waals surface area contributed by atoms with E-state index in [1.165, 1.54) is 33.3 Å². The molecule has 118 valence electrons. The molecular weight excluding hydrogens is 324 g/mol. The molecule has 1 aliphatic rings. The lowest BCUT2D eigenvalue weighted by Gasteiger charge is -2.23. The summed E-state index contributed by atoms with van der Waals surface area (Å²) in [6.07, 6.45) is 3.36. The van der Waals surface area contributed by atoms with Gasteiger partial charge in [-0.05, 0) is 65.7 Å². The molecule has 4 rings (SSSR count). The Hall–Kier alpha value is -1.55. The van der Waals surface area contributed by atoms with Gasteiger partial charge in [0.25, 0.3) is 0 Å². The molecule has 0 amide bonds. The zero-order valence-corrected chi connectivity index (χ0v) is 14.9. The summed E-state index contributed by atoms with van der Waals surface area (Å²) >= 11 is 8.00. The van der Waals surface area contributed by atoms with Gasteiger partial charge in [-0.15, -0.1) is 0 Å². The molecule has 4 heteroatoms. The van der Waals surface area contributed by atoms with Crippen molar-refractivity contribution in [2.24, 2.45) is 0 Å². The molecule has 23 heavy (non-hydrogen) atoms. The summed E-state index contributed by atoms with van der Waals surface area (Å²) in [7, 11) is 2.18. The Balaban J connectivity index is 1.94. The van der Waals surface area contributed by atoms with Crippen molar-refractivity contribution in [3.63, 3.8) is 0 Å². The highest BCUT2D eigenvalue weighted by atomic mass is 35.5. The fourth-order valence-corrected chi connectivity index (χ4v) is 4.29. The van der Waals surface area contributed by atoms with Gasteiger partial charge in [-0.3, -0.25) is 0 Å². The number of hydrogen-bond donors (Lipinski definition) is 0. The minimum atomic E-state index is 0.809. The predicted molar refractivity (Wildman–Crippen MR) is 101 cm³/mol. The van der Waals surface area contributed by atoms with Crippen molar-refractivity contribution in [1.29, 1.82) is 0 Å². The molecule has 0 N–H and O–H groups in total. The fourth-order valence-electron chi connectivity index (χ4n) is 3.40. The van der Waals surface area contributed by atoms with Gasteiger partial charge in [0, 0.05) is 41.8 Å². The SMILES string of the molecule is CC(=Cn1c2c(c3cc(Cl)ccc31)CN(C)CC2)c1ccsc1. The van der Waals surface area contributed by atoms with Crippen LogP contribution in [0.5, 0.6) is 0 Å². The first kappa shape index (κ1) is 15.0. The Morgan fingerprint density at radius 2 is 2.17 bits per heavy atom. The van der Waals surface area contributed by atoms with Crippen LogP contribution >= 0.6 is 22.9 Å². The Bertz CT molecular complexity index is 890. The van der Waals surface area contributed by atoms with E-state index in [0.717, 1.165) is 24.5 Å². The molecule has 3 aromatic rings. The van der Waals surface area contributed by atoms with E-state index in [4.69, 9.17) is 11.6 Å². The molecule has 1 aromatic carbocycles. The van der Waals surface area contributed by atoms with Crippen LogP contribution in [0.2, 0.25) is 5.02 Å². The lowest BCUT2D eigenvalue weighted by atomic mass is 10.1. The minimum Gasteiger partial charge on any atom is -0.320 e. The molecular formula is C19H19ClN2S. The van der Waals surface area contributed by atoms with Gasteiger partial charge in [0.05, 0.1) is 5.52 Å². The van der Waals surface area contributed by atoms with E-state index in [1.54, 1.807) is 11.3 Å². The third-order valence-electron chi connectivity index (χ3n) is 4.64. The lowest BCUT2D eigenvalue weighted by molar-refractivity contribution is 0.312. The molecule has 0 bridgehead atoms. The van der Waals surface area contributed by atoms with E-state index in [0.29, 0.717) is 0 Å². The largest absolute Gasteiger partial charge is 0.320 e. The second kappa shape index (κ2) is 5.82. The maximum Gasteiger partial charge on any atom is 0.0529 e. The van der Waals surface area contributed by atoms with Gasteiger partial charge in [0.15, 0.2) is 0 Å². The zero-order valence-electron chi connectivity index (χ0n) is 13.3. The number of hydrogen-bond acceptors (Lipinski definition) is 2. The zero-order chi connectivity index (χ0) is 16.0. The number of benzene rings is 1. The molecule has 1 aliphatic heterocycles. The Kier molecular flexibility index (Phi) is 3.80. The third-order valence-corrected chi connectivity index (χ3v) is 5.56. The first-order valence-electron chi connectivity index (χ1n) is 7.84. The molecule has 3 heterocycles. The van der Waals surface area contributed by atoms with E-state index in [9.17, 15) is 0 Å². The van der Waals surface area contributed by atoms with Crippen molar-refractivity contribution in [2.75, 3.05) is 13.6 Å². The minimum absolute atomic E-state index is 0.809. The van der Waals surface area contributed by atoms with Gasteiger partial charge in [-0.1, -0.05) is 11.6 Å². The molecule has 2 nitrogen and oxygen atoms in total. The van der Waals surface area contributed by atoms with E-state index in [1.807, 2.05) is 6.07 Å². The number of likely N-dealkylation sites (N-methyl/N-ethyl adjacent to an activating group) is 1.